The van der Waals surface area contributed by atoms with Gasteiger partial charge in [0.2, 0.25) is 0 Å². The zero-order chi connectivity index (χ0) is 21.4. The Bertz CT molecular complexity index is 962. The number of carbonyl (C=O) groups excluding carboxylic acids is 1. The molecular formula is C18H16IN3O7. The fourth-order valence-electron chi connectivity index (χ4n) is 2.19. The normalized spacial score (nSPS) is 10.6. The largest absolute Gasteiger partial charge is 0.490 e. The first kappa shape index (κ1) is 22.1. The van der Waals surface area contributed by atoms with Gasteiger partial charge in [0.25, 0.3) is 11.6 Å². The van der Waals surface area contributed by atoms with Crippen molar-refractivity contribution >= 4 is 46.4 Å². The van der Waals surface area contributed by atoms with Gasteiger partial charge in [-0.15, -0.1) is 0 Å². The molecule has 10 nitrogen and oxygen atoms in total. The van der Waals surface area contributed by atoms with Gasteiger partial charge in [-0.25, -0.2) is 10.2 Å². The molecular weight excluding hydrogens is 497 g/mol. The van der Waals surface area contributed by atoms with Crippen molar-refractivity contribution in [3.05, 3.63) is 61.2 Å². The lowest BCUT2D eigenvalue weighted by molar-refractivity contribution is -0.384. The van der Waals surface area contributed by atoms with Gasteiger partial charge in [-0.3, -0.25) is 14.9 Å². The van der Waals surface area contributed by atoms with E-state index in [2.05, 4.69) is 10.5 Å². The van der Waals surface area contributed by atoms with Gasteiger partial charge in [-0.2, -0.15) is 5.10 Å². The van der Waals surface area contributed by atoms with E-state index >= 15 is 0 Å². The average molecular weight is 513 g/mol. The van der Waals surface area contributed by atoms with Crippen molar-refractivity contribution in [1.29, 1.82) is 0 Å². The first-order valence-electron chi connectivity index (χ1n) is 8.20. The van der Waals surface area contributed by atoms with Gasteiger partial charge in [0.05, 0.1) is 21.3 Å². The molecule has 0 aromatic heterocycles. The van der Waals surface area contributed by atoms with Crippen molar-refractivity contribution in [1.82, 2.24) is 5.43 Å². The number of carbonyl (C=O) groups is 2. The van der Waals surface area contributed by atoms with Crippen molar-refractivity contribution in [2.45, 2.75) is 6.92 Å². The standard InChI is InChI=1S/C18H16IN3O7/c1-2-28-15-7-11(6-14(19)17(15)29-10-16(23)24)9-20-21-18(25)12-4-3-5-13(8-12)22(26)27/h3-9H,2,10H2,1H3,(H,21,25)(H,23,24)/b20-9-. The molecule has 0 radical (unpaired) electrons. The Morgan fingerprint density at radius 3 is 2.72 bits per heavy atom. The lowest BCUT2D eigenvalue weighted by Crippen LogP contribution is -2.17. The van der Waals surface area contributed by atoms with Crippen molar-refractivity contribution in [3.8, 4) is 11.5 Å². The molecule has 0 aliphatic carbocycles. The molecule has 0 saturated heterocycles. The molecule has 0 atom stereocenters. The lowest BCUT2D eigenvalue weighted by Gasteiger charge is -2.13. The van der Waals surface area contributed by atoms with Crippen LogP contribution in [0.15, 0.2) is 41.5 Å². The highest BCUT2D eigenvalue weighted by molar-refractivity contribution is 14.1. The molecule has 1 amide bonds. The number of hydrazone groups is 1. The summed E-state index contributed by atoms with van der Waals surface area (Å²) in [6.07, 6.45) is 1.36. The number of carboxylic acids is 1. The van der Waals surface area contributed by atoms with Gasteiger partial charge >= 0.3 is 5.97 Å². The topological polar surface area (TPSA) is 140 Å². The molecule has 0 aliphatic rings. The molecule has 2 rings (SSSR count). The number of rotatable bonds is 9. The van der Waals surface area contributed by atoms with Crippen LogP contribution in [-0.4, -0.2) is 41.3 Å². The maximum Gasteiger partial charge on any atom is 0.341 e. The Morgan fingerprint density at radius 2 is 2.07 bits per heavy atom. The quantitative estimate of drug-likeness (QED) is 0.228. The van der Waals surface area contributed by atoms with Gasteiger partial charge in [0.15, 0.2) is 18.1 Å². The highest BCUT2D eigenvalue weighted by Crippen LogP contribution is 2.33. The maximum absolute atomic E-state index is 12.1. The number of nitrogens with one attached hydrogen (secondary N) is 1. The van der Waals surface area contributed by atoms with E-state index in [1.807, 2.05) is 22.6 Å². The summed E-state index contributed by atoms with van der Waals surface area (Å²) in [6.45, 7) is 1.60. The second kappa shape index (κ2) is 10.4. The van der Waals surface area contributed by atoms with E-state index in [1.165, 1.54) is 24.4 Å². The molecule has 2 N–H and O–H groups in total. The number of benzene rings is 2. The first-order chi connectivity index (χ1) is 13.8. The molecule has 0 spiro atoms. The van der Waals surface area contributed by atoms with E-state index in [0.29, 0.717) is 27.2 Å². The van der Waals surface area contributed by atoms with E-state index in [9.17, 15) is 19.7 Å². The predicted molar refractivity (Wildman–Crippen MR) is 112 cm³/mol. The molecule has 29 heavy (non-hydrogen) atoms. The minimum atomic E-state index is -1.11. The summed E-state index contributed by atoms with van der Waals surface area (Å²) < 4.78 is 11.4. The van der Waals surface area contributed by atoms with E-state index in [1.54, 1.807) is 19.1 Å². The fourth-order valence-corrected chi connectivity index (χ4v) is 2.97. The van der Waals surface area contributed by atoms with Crippen molar-refractivity contribution in [3.63, 3.8) is 0 Å². The van der Waals surface area contributed by atoms with Crippen molar-refractivity contribution < 1.29 is 29.1 Å². The lowest BCUT2D eigenvalue weighted by atomic mass is 10.2. The summed E-state index contributed by atoms with van der Waals surface area (Å²) in [7, 11) is 0. The Morgan fingerprint density at radius 1 is 1.31 bits per heavy atom. The number of nitro groups is 1. The summed E-state index contributed by atoms with van der Waals surface area (Å²) in [5, 5.41) is 23.4. The Kier molecular flexibility index (Phi) is 7.88. The van der Waals surface area contributed by atoms with Crippen molar-refractivity contribution in [2.75, 3.05) is 13.2 Å². The third-order valence-corrected chi connectivity index (χ3v) is 4.17. The second-order valence-corrected chi connectivity index (χ2v) is 6.61. The summed E-state index contributed by atoms with van der Waals surface area (Å²) in [4.78, 5) is 33.0. The molecule has 0 aliphatic heterocycles. The number of nitrogens with zero attached hydrogens (tertiary/aromatic N) is 2. The molecule has 152 valence electrons. The van der Waals surface area contributed by atoms with E-state index in [4.69, 9.17) is 14.6 Å². The number of aliphatic carboxylic acids is 1. The SMILES string of the molecule is CCOc1cc(/C=N\NC(=O)c2cccc([N+](=O)[O-])c2)cc(I)c1OCC(=O)O. The molecule has 0 saturated carbocycles. The van der Waals surface area contributed by atoms with Gasteiger partial charge in [-0.05, 0) is 53.3 Å². The minimum absolute atomic E-state index is 0.0957. The van der Waals surface area contributed by atoms with E-state index < -0.39 is 23.4 Å². The van der Waals surface area contributed by atoms with Gasteiger partial charge in [0.1, 0.15) is 0 Å². The van der Waals surface area contributed by atoms with Crippen LogP contribution in [0, 0.1) is 13.7 Å². The fraction of sp³-hybridized carbons (Fsp3) is 0.167. The van der Waals surface area contributed by atoms with Crippen LogP contribution < -0.4 is 14.9 Å². The molecule has 11 heteroatoms. The minimum Gasteiger partial charge on any atom is -0.490 e. The third kappa shape index (κ3) is 6.41. The van der Waals surface area contributed by atoms with Crippen LogP contribution in [0.2, 0.25) is 0 Å². The van der Waals surface area contributed by atoms with Crippen LogP contribution in [0.25, 0.3) is 0 Å². The number of carboxylic acid groups (broad SMARTS) is 1. The number of ether oxygens (including phenoxy) is 2. The molecule has 0 unspecified atom stereocenters. The zero-order valence-corrected chi connectivity index (χ0v) is 17.3. The van der Waals surface area contributed by atoms with E-state index in [-0.39, 0.29) is 11.3 Å². The Hall–Kier alpha value is -3.22. The van der Waals surface area contributed by atoms with Crippen molar-refractivity contribution in [2.24, 2.45) is 5.10 Å². The van der Waals surface area contributed by atoms with Gasteiger partial charge in [-0.1, -0.05) is 6.07 Å². The van der Waals surface area contributed by atoms with Crippen LogP contribution in [0.4, 0.5) is 5.69 Å². The second-order valence-electron chi connectivity index (χ2n) is 5.45. The Labute approximate surface area is 178 Å². The molecule has 0 fully saturated rings. The van der Waals surface area contributed by atoms with Crippen LogP contribution in [0.1, 0.15) is 22.8 Å². The molecule has 2 aromatic carbocycles. The summed E-state index contributed by atoms with van der Waals surface area (Å²) in [5.74, 6) is -1.08. The number of non-ortho nitro benzene ring substituents is 1. The van der Waals surface area contributed by atoms with Crippen LogP contribution in [0.5, 0.6) is 11.5 Å². The van der Waals surface area contributed by atoms with Crippen LogP contribution in [0.3, 0.4) is 0 Å². The van der Waals surface area contributed by atoms with Gasteiger partial charge < -0.3 is 14.6 Å². The number of hydrogen-bond acceptors (Lipinski definition) is 7. The number of hydrogen-bond donors (Lipinski definition) is 2. The van der Waals surface area contributed by atoms with E-state index in [0.717, 1.165) is 6.07 Å². The molecule has 2 aromatic rings. The van der Waals surface area contributed by atoms with Crippen LogP contribution in [-0.2, 0) is 4.79 Å². The van der Waals surface area contributed by atoms with Crippen LogP contribution >= 0.6 is 22.6 Å². The Balaban J connectivity index is 2.15. The third-order valence-electron chi connectivity index (χ3n) is 3.37. The highest BCUT2D eigenvalue weighted by Gasteiger charge is 2.14. The first-order valence-corrected chi connectivity index (χ1v) is 9.28. The highest BCUT2D eigenvalue weighted by atomic mass is 127. The zero-order valence-electron chi connectivity index (χ0n) is 15.1. The molecule has 0 heterocycles. The summed E-state index contributed by atoms with van der Waals surface area (Å²) in [6, 6.07) is 8.53. The number of nitro benzene ring substituents is 1. The molecule has 0 bridgehead atoms. The summed E-state index contributed by atoms with van der Waals surface area (Å²) in [5.41, 5.74) is 2.76. The van der Waals surface area contributed by atoms with Gasteiger partial charge in [0, 0.05) is 17.7 Å². The smallest absolute Gasteiger partial charge is 0.341 e. The average Bonchev–Trinajstić information content (AvgIpc) is 2.67. The predicted octanol–water partition coefficient (Wildman–Crippen LogP) is 2.83. The number of amides is 1. The summed E-state index contributed by atoms with van der Waals surface area (Å²) >= 11 is 1.97. The maximum atomic E-state index is 12.1. The monoisotopic (exact) mass is 513 g/mol. The number of halogens is 1.